The highest BCUT2D eigenvalue weighted by Crippen LogP contribution is 2.33. The van der Waals surface area contributed by atoms with Gasteiger partial charge in [-0.15, -0.1) is 0 Å². The maximum Gasteiger partial charge on any atom is 0.292 e. The number of carbonyl (C=O) groups is 1. The van der Waals surface area contributed by atoms with Crippen LogP contribution in [-0.4, -0.2) is 22.9 Å². The molecule has 1 aliphatic rings. The summed E-state index contributed by atoms with van der Waals surface area (Å²) in [6.45, 7) is 4.14. The fourth-order valence-electron chi connectivity index (χ4n) is 4.26. The van der Waals surface area contributed by atoms with Crippen LogP contribution >= 0.6 is 11.6 Å². The van der Waals surface area contributed by atoms with E-state index in [0.717, 1.165) is 36.8 Å². The number of rotatable bonds is 8. The molecule has 31 heavy (non-hydrogen) atoms. The zero-order valence-electron chi connectivity index (χ0n) is 18.1. The van der Waals surface area contributed by atoms with Crippen LogP contribution in [0.4, 0.5) is 11.4 Å². The molecule has 1 unspecified atom stereocenters. The van der Waals surface area contributed by atoms with Gasteiger partial charge in [-0.3, -0.25) is 14.9 Å². The Morgan fingerprint density at radius 2 is 1.87 bits per heavy atom. The number of benzene rings is 2. The average molecular weight is 444 g/mol. The molecular weight excluding hydrogens is 414 g/mol. The molecule has 1 aliphatic carbocycles. The number of hydrogen-bond acceptors (Lipinski definition) is 4. The Labute approximate surface area is 188 Å². The molecule has 7 heteroatoms. The summed E-state index contributed by atoms with van der Waals surface area (Å²) in [5, 5.41) is 15.7. The third-order valence-electron chi connectivity index (χ3n) is 5.92. The Morgan fingerprint density at radius 1 is 1.19 bits per heavy atom. The third-order valence-corrected chi connectivity index (χ3v) is 6.17. The van der Waals surface area contributed by atoms with E-state index in [1.54, 1.807) is 24.3 Å². The first kappa shape index (κ1) is 23.1. The number of nitrogens with zero attached hydrogens (tertiary/aromatic N) is 2. The highest BCUT2D eigenvalue weighted by atomic mass is 35.5. The van der Waals surface area contributed by atoms with Crippen molar-refractivity contribution in [3.05, 3.63) is 68.7 Å². The van der Waals surface area contributed by atoms with Crippen molar-refractivity contribution in [3.63, 3.8) is 0 Å². The van der Waals surface area contributed by atoms with Gasteiger partial charge in [0.15, 0.2) is 0 Å². The average Bonchev–Trinajstić information content (AvgIpc) is 2.75. The second-order valence-corrected chi connectivity index (χ2v) is 8.71. The normalized spacial score (nSPS) is 15.3. The van der Waals surface area contributed by atoms with Gasteiger partial charge in [-0.05, 0) is 55.5 Å². The maximum absolute atomic E-state index is 13.3. The van der Waals surface area contributed by atoms with Gasteiger partial charge < -0.3 is 10.2 Å². The summed E-state index contributed by atoms with van der Waals surface area (Å²) >= 11 is 6.03. The summed E-state index contributed by atoms with van der Waals surface area (Å²) in [5.41, 5.74) is 2.21. The first-order valence-electron chi connectivity index (χ1n) is 11.0. The summed E-state index contributed by atoms with van der Waals surface area (Å²) < 4.78 is 0. The van der Waals surface area contributed by atoms with Crippen LogP contribution < -0.4 is 10.2 Å². The smallest absolute Gasteiger partial charge is 0.292 e. The molecule has 3 rings (SSSR count). The molecule has 2 aromatic carbocycles. The van der Waals surface area contributed by atoms with Crippen LogP contribution in [0.15, 0.2) is 42.5 Å². The van der Waals surface area contributed by atoms with Crippen molar-refractivity contribution in [2.75, 3.05) is 4.90 Å². The molecule has 6 nitrogen and oxygen atoms in total. The second kappa shape index (κ2) is 10.6. The zero-order chi connectivity index (χ0) is 22.4. The Bertz CT molecular complexity index is 911. The van der Waals surface area contributed by atoms with Gasteiger partial charge in [0.2, 0.25) is 5.91 Å². The summed E-state index contributed by atoms with van der Waals surface area (Å²) in [7, 11) is 0. The van der Waals surface area contributed by atoms with Crippen molar-refractivity contribution in [1.29, 1.82) is 0 Å². The molecule has 1 atom stereocenters. The molecule has 0 aromatic heterocycles. The quantitative estimate of drug-likeness (QED) is 0.413. The molecule has 0 radical (unpaired) electrons. The molecule has 0 spiro atoms. The Balaban J connectivity index is 1.96. The number of carbonyl (C=O) groups excluding carboxylic acids is 1. The first-order chi connectivity index (χ1) is 14.9. The monoisotopic (exact) mass is 443 g/mol. The van der Waals surface area contributed by atoms with Crippen molar-refractivity contribution < 1.29 is 9.72 Å². The predicted molar refractivity (Wildman–Crippen MR) is 125 cm³/mol. The number of nitro benzene ring substituents is 1. The van der Waals surface area contributed by atoms with Gasteiger partial charge in [0.05, 0.1) is 4.92 Å². The zero-order valence-corrected chi connectivity index (χ0v) is 18.9. The Kier molecular flexibility index (Phi) is 7.91. The lowest BCUT2D eigenvalue weighted by Gasteiger charge is -2.34. The predicted octanol–water partition coefficient (Wildman–Crippen LogP) is 5.79. The number of amides is 1. The van der Waals surface area contributed by atoms with Gasteiger partial charge in [-0.2, -0.15) is 0 Å². The van der Waals surface area contributed by atoms with Gasteiger partial charge in [0, 0.05) is 23.7 Å². The van der Waals surface area contributed by atoms with Crippen molar-refractivity contribution in [3.8, 4) is 0 Å². The minimum atomic E-state index is -0.515. The molecule has 2 aromatic rings. The number of nitrogens with one attached hydrogen (secondary N) is 1. The van der Waals surface area contributed by atoms with E-state index < -0.39 is 6.04 Å². The molecule has 1 amide bonds. The number of aryl methyl sites for hydroxylation is 1. The highest BCUT2D eigenvalue weighted by Gasteiger charge is 2.31. The largest absolute Gasteiger partial charge is 0.352 e. The molecular formula is C24H30ClN3O3. The van der Waals surface area contributed by atoms with Crippen LogP contribution in [0.2, 0.25) is 5.02 Å². The molecule has 0 aliphatic heterocycles. The minimum absolute atomic E-state index is 0.0119. The van der Waals surface area contributed by atoms with E-state index in [0.29, 0.717) is 23.7 Å². The summed E-state index contributed by atoms with van der Waals surface area (Å²) in [5.74, 6) is -0.0711. The first-order valence-corrected chi connectivity index (χ1v) is 11.3. The standard InChI is InChI=1S/C24H30ClN3O3/c1-3-21(24(29)26-20-7-5-4-6-8-20)27(16-18-10-12-19(25)13-11-18)22-14-9-17(2)15-23(22)28(30)31/h9-15,20-21H,3-8,16H2,1-2H3,(H,26,29). The van der Waals surface area contributed by atoms with Gasteiger partial charge in [0.25, 0.3) is 5.69 Å². The molecule has 0 heterocycles. The van der Waals surface area contributed by atoms with Gasteiger partial charge in [-0.25, -0.2) is 0 Å². The number of halogens is 1. The molecule has 0 saturated heterocycles. The van der Waals surface area contributed by atoms with Gasteiger partial charge >= 0.3 is 0 Å². The van der Waals surface area contributed by atoms with E-state index in [9.17, 15) is 14.9 Å². The summed E-state index contributed by atoms with van der Waals surface area (Å²) in [6, 6.07) is 12.2. The Hall–Kier alpha value is -2.60. The molecule has 0 bridgehead atoms. The highest BCUT2D eigenvalue weighted by molar-refractivity contribution is 6.30. The van der Waals surface area contributed by atoms with Crippen LogP contribution in [0.1, 0.15) is 56.6 Å². The van der Waals surface area contributed by atoms with Crippen LogP contribution in [0, 0.1) is 17.0 Å². The van der Waals surface area contributed by atoms with Crippen LogP contribution in [0.3, 0.4) is 0 Å². The topological polar surface area (TPSA) is 75.5 Å². The molecule has 1 saturated carbocycles. The van der Waals surface area contributed by atoms with E-state index in [-0.39, 0.29) is 22.6 Å². The maximum atomic E-state index is 13.3. The number of nitro groups is 1. The van der Waals surface area contributed by atoms with Gasteiger partial charge in [-0.1, -0.05) is 56.0 Å². The van der Waals surface area contributed by atoms with Crippen LogP contribution in [0.5, 0.6) is 0 Å². The Morgan fingerprint density at radius 3 is 2.48 bits per heavy atom. The summed E-state index contributed by atoms with van der Waals surface area (Å²) in [6.07, 6.45) is 5.98. The van der Waals surface area contributed by atoms with E-state index in [1.165, 1.54) is 6.42 Å². The fourth-order valence-corrected chi connectivity index (χ4v) is 4.39. The minimum Gasteiger partial charge on any atom is -0.352 e. The number of anilines is 1. The van der Waals surface area contributed by atoms with Gasteiger partial charge in [0.1, 0.15) is 11.7 Å². The van der Waals surface area contributed by atoms with Crippen molar-refractivity contribution in [2.24, 2.45) is 0 Å². The molecule has 166 valence electrons. The van der Waals surface area contributed by atoms with E-state index in [2.05, 4.69) is 5.32 Å². The van der Waals surface area contributed by atoms with Crippen molar-refractivity contribution in [2.45, 2.75) is 71.0 Å². The second-order valence-electron chi connectivity index (χ2n) is 8.27. The van der Waals surface area contributed by atoms with E-state index in [1.807, 2.05) is 36.9 Å². The van der Waals surface area contributed by atoms with Crippen molar-refractivity contribution >= 4 is 28.9 Å². The molecule has 1 N–H and O–H groups in total. The fraction of sp³-hybridized carbons (Fsp3) is 0.458. The van der Waals surface area contributed by atoms with Crippen LogP contribution in [-0.2, 0) is 11.3 Å². The van der Waals surface area contributed by atoms with E-state index >= 15 is 0 Å². The lowest BCUT2D eigenvalue weighted by molar-refractivity contribution is -0.384. The number of hydrogen-bond donors (Lipinski definition) is 1. The lowest BCUT2D eigenvalue weighted by atomic mass is 9.95. The molecule has 1 fully saturated rings. The van der Waals surface area contributed by atoms with Crippen LogP contribution in [0.25, 0.3) is 0 Å². The van der Waals surface area contributed by atoms with Crippen molar-refractivity contribution in [1.82, 2.24) is 5.32 Å². The third kappa shape index (κ3) is 5.97. The van der Waals surface area contributed by atoms with E-state index in [4.69, 9.17) is 11.6 Å². The lowest BCUT2D eigenvalue weighted by Crippen LogP contribution is -2.50. The summed E-state index contributed by atoms with van der Waals surface area (Å²) in [4.78, 5) is 26.6. The SMILES string of the molecule is CCC(C(=O)NC1CCCCC1)N(Cc1ccc(Cl)cc1)c1ccc(C)cc1[N+](=O)[O-].